The molecule has 5 heteroatoms. The van der Waals surface area contributed by atoms with Crippen molar-refractivity contribution >= 4 is 12.4 Å². The van der Waals surface area contributed by atoms with E-state index in [-0.39, 0.29) is 5.56 Å². The van der Waals surface area contributed by atoms with Crippen LogP contribution in [0.25, 0.3) is 6.08 Å². The van der Waals surface area contributed by atoms with Gasteiger partial charge in [0.05, 0.1) is 5.56 Å². The van der Waals surface area contributed by atoms with E-state index in [0.29, 0.717) is 24.5 Å². The Labute approximate surface area is 83.0 Å². The third-order valence-electron chi connectivity index (χ3n) is 1.68. The van der Waals surface area contributed by atoms with Crippen molar-refractivity contribution in [2.75, 3.05) is 0 Å². The molecule has 1 nitrogen and oxygen atoms in total. The second kappa shape index (κ2) is 4.25. The quantitative estimate of drug-likeness (QED) is 0.423. The van der Waals surface area contributed by atoms with Gasteiger partial charge in [0.25, 0.3) is 0 Å². The summed E-state index contributed by atoms with van der Waals surface area (Å²) in [6.45, 7) is 0. The fourth-order valence-corrected chi connectivity index (χ4v) is 0.991. The molecule has 0 amide bonds. The first-order chi connectivity index (χ1) is 6.95. The molecule has 0 fully saturated rings. The third kappa shape index (κ3) is 2.90. The maximum Gasteiger partial charge on any atom is 0.416 e. The number of carbonyl (C=O) groups excluding carboxylic acids is 1. The van der Waals surface area contributed by atoms with Gasteiger partial charge in [-0.2, -0.15) is 13.2 Å². The van der Waals surface area contributed by atoms with Gasteiger partial charge in [-0.15, -0.1) is 0 Å². The average Bonchev–Trinajstić information content (AvgIpc) is 2.15. The Kier molecular flexibility index (Phi) is 3.24. The summed E-state index contributed by atoms with van der Waals surface area (Å²) in [5, 5.41) is 0. The number of benzene rings is 1. The molecule has 0 saturated heterocycles. The standard InChI is InChI=1S/C10H6F4O/c11-9-4-3-8(10(12,13)14)6-7(9)2-1-5-15/h1-6H/b2-1+. The second-order valence-corrected chi connectivity index (χ2v) is 2.73. The molecule has 0 bridgehead atoms. The van der Waals surface area contributed by atoms with Crippen LogP contribution in [0.15, 0.2) is 24.3 Å². The van der Waals surface area contributed by atoms with Gasteiger partial charge in [0.1, 0.15) is 12.1 Å². The zero-order valence-corrected chi connectivity index (χ0v) is 7.38. The highest BCUT2D eigenvalue weighted by molar-refractivity contribution is 5.74. The van der Waals surface area contributed by atoms with E-state index in [1.807, 2.05) is 0 Å². The highest BCUT2D eigenvalue weighted by atomic mass is 19.4. The molecule has 0 radical (unpaired) electrons. The molecule has 15 heavy (non-hydrogen) atoms. The summed E-state index contributed by atoms with van der Waals surface area (Å²) < 4.78 is 49.6. The van der Waals surface area contributed by atoms with Gasteiger partial charge in [-0.05, 0) is 30.4 Å². The van der Waals surface area contributed by atoms with Crippen LogP contribution in [0.5, 0.6) is 0 Å². The zero-order chi connectivity index (χ0) is 11.5. The minimum atomic E-state index is -4.52. The Hall–Kier alpha value is -1.65. The first-order valence-corrected chi connectivity index (χ1v) is 3.94. The van der Waals surface area contributed by atoms with Crippen molar-refractivity contribution < 1.29 is 22.4 Å². The molecule has 1 aromatic rings. The number of alkyl halides is 3. The summed E-state index contributed by atoms with van der Waals surface area (Å²) in [5.74, 6) is -0.805. The maximum absolute atomic E-state index is 12.9. The van der Waals surface area contributed by atoms with Crippen LogP contribution in [-0.2, 0) is 11.0 Å². The lowest BCUT2D eigenvalue weighted by atomic mass is 10.1. The fourth-order valence-electron chi connectivity index (χ4n) is 0.991. The normalized spacial score (nSPS) is 12.0. The van der Waals surface area contributed by atoms with E-state index >= 15 is 0 Å². The van der Waals surface area contributed by atoms with Gasteiger partial charge in [-0.3, -0.25) is 4.79 Å². The van der Waals surface area contributed by atoms with E-state index in [9.17, 15) is 22.4 Å². The Morgan fingerprint density at radius 3 is 2.40 bits per heavy atom. The van der Waals surface area contributed by atoms with Crippen LogP contribution in [0.2, 0.25) is 0 Å². The van der Waals surface area contributed by atoms with Crippen LogP contribution in [-0.4, -0.2) is 6.29 Å². The van der Waals surface area contributed by atoms with Crippen molar-refractivity contribution in [1.82, 2.24) is 0 Å². The number of aldehydes is 1. The summed E-state index contributed by atoms with van der Waals surface area (Å²) in [7, 11) is 0. The van der Waals surface area contributed by atoms with Crippen LogP contribution in [0, 0.1) is 5.82 Å². The van der Waals surface area contributed by atoms with Crippen molar-refractivity contribution in [3.05, 3.63) is 41.2 Å². The fraction of sp³-hybridized carbons (Fsp3) is 0.100. The Morgan fingerprint density at radius 2 is 1.87 bits per heavy atom. The smallest absolute Gasteiger partial charge is 0.299 e. The number of carbonyl (C=O) groups is 1. The molecule has 0 saturated carbocycles. The van der Waals surface area contributed by atoms with E-state index in [1.54, 1.807) is 0 Å². The molecular weight excluding hydrogens is 212 g/mol. The van der Waals surface area contributed by atoms with Crippen molar-refractivity contribution in [1.29, 1.82) is 0 Å². The van der Waals surface area contributed by atoms with E-state index in [1.165, 1.54) is 0 Å². The van der Waals surface area contributed by atoms with Crippen LogP contribution in [0.4, 0.5) is 17.6 Å². The summed E-state index contributed by atoms with van der Waals surface area (Å²) >= 11 is 0. The average molecular weight is 218 g/mol. The molecule has 0 aromatic heterocycles. The van der Waals surface area contributed by atoms with Crippen molar-refractivity contribution in [2.45, 2.75) is 6.18 Å². The van der Waals surface area contributed by atoms with Gasteiger partial charge in [0.15, 0.2) is 0 Å². The summed E-state index contributed by atoms with van der Waals surface area (Å²) in [5.41, 5.74) is -1.22. The Balaban J connectivity index is 3.16. The predicted molar refractivity (Wildman–Crippen MR) is 46.5 cm³/mol. The zero-order valence-electron chi connectivity index (χ0n) is 7.38. The van der Waals surface area contributed by atoms with Gasteiger partial charge in [-0.1, -0.05) is 0 Å². The molecule has 0 atom stereocenters. The minimum Gasteiger partial charge on any atom is -0.299 e. The monoisotopic (exact) mass is 218 g/mol. The van der Waals surface area contributed by atoms with Crippen LogP contribution in [0.3, 0.4) is 0 Å². The van der Waals surface area contributed by atoms with Gasteiger partial charge in [0, 0.05) is 5.56 Å². The molecule has 0 aliphatic rings. The van der Waals surface area contributed by atoms with Gasteiger partial charge >= 0.3 is 6.18 Å². The molecule has 1 aromatic carbocycles. The lowest BCUT2D eigenvalue weighted by Gasteiger charge is -2.07. The second-order valence-electron chi connectivity index (χ2n) is 2.73. The molecule has 0 unspecified atom stereocenters. The molecule has 0 N–H and O–H groups in total. The van der Waals surface area contributed by atoms with Gasteiger partial charge in [0.2, 0.25) is 0 Å². The van der Waals surface area contributed by atoms with E-state index < -0.39 is 17.6 Å². The number of hydrogen-bond acceptors (Lipinski definition) is 1. The summed E-state index contributed by atoms with van der Waals surface area (Å²) in [6, 6.07) is 2.01. The molecular formula is C10H6F4O. The largest absolute Gasteiger partial charge is 0.416 e. The van der Waals surface area contributed by atoms with E-state index in [0.717, 1.165) is 12.2 Å². The molecule has 1 rings (SSSR count). The predicted octanol–water partition coefficient (Wildman–Crippen LogP) is 3.06. The lowest BCUT2D eigenvalue weighted by molar-refractivity contribution is -0.137. The Morgan fingerprint density at radius 1 is 1.20 bits per heavy atom. The molecule has 0 aliphatic heterocycles. The van der Waals surface area contributed by atoms with Gasteiger partial charge in [-0.25, -0.2) is 4.39 Å². The lowest BCUT2D eigenvalue weighted by Crippen LogP contribution is -2.05. The van der Waals surface area contributed by atoms with Crippen LogP contribution < -0.4 is 0 Å². The van der Waals surface area contributed by atoms with Crippen LogP contribution >= 0.6 is 0 Å². The minimum absolute atomic E-state index is 0.267. The number of hydrogen-bond donors (Lipinski definition) is 0. The number of rotatable bonds is 2. The third-order valence-corrected chi connectivity index (χ3v) is 1.68. The Bertz CT molecular complexity index is 393. The van der Waals surface area contributed by atoms with Crippen molar-refractivity contribution in [3.63, 3.8) is 0 Å². The first-order valence-electron chi connectivity index (χ1n) is 3.94. The number of allylic oxidation sites excluding steroid dienone is 1. The van der Waals surface area contributed by atoms with E-state index in [2.05, 4.69) is 0 Å². The molecule has 0 aliphatic carbocycles. The summed E-state index contributed by atoms with van der Waals surface area (Å²) in [4.78, 5) is 9.94. The van der Waals surface area contributed by atoms with Crippen molar-refractivity contribution in [2.24, 2.45) is 0 Å². The van der Waals surface area contributed by atoms with E-state index in [4.69, 9.17) is 0 Å². The van der Waals surface area contributed by atoms with Crippen molar-refractivity contribution in [3.8, 4) is 0 Å². The maximum atomic E-state index is 12.9. The number of halogens is 4. The highest BCUT2D eigenvalue weighted by Gasteiger charge is 2.30. The van der Waals surface area contributed by atoms with Crippen LogP contribution in [0.1, 0.15) is 11.1 Å². The highest BCUT2D eigenvalue weighted by Crippen LogP contribution is 2.30. The van der Waals surface area contributed by atoms with Gasteiger partial charge < -0.3 is 0 Å². The summed E-state index contributed by atoms with van der Waals surface area (Å²) in [6.07, 6.45) is -2.24. The molecule has 0 heterocycles. The topological polar surface area (TPSA) is 17.1 Å². The molecule has 80 valence electrons. The molecule has 0 spiro atoms. The first kappa shape index (κ1) is 11.4. The SMILES string of the molecule is O=C/C=C/c1cc(C(F)(F)F)ccc1F.